The molecular weight excluding hydrogens is 556 g/mol. The highest BCUT2D eigenvalue weighted by Crippen LogP contribution is 2.21. The molecule has 4 aromatic rings. The predicted molar refractivity (Wildman–Crippen MR) is 187 cm³/mol. The summed E-state index contributed by atoms with van der Waals surface area (Å²) in [7, 11) is 0. The molecule has 2 atom stereocenters. The molecule has 2 heterocycles. The van der Waals surface area contributed by atoms with E-state index in [-0.39, 0.29) is 0 Å². The number of benzene rings is 2. The van der Waals surface area contributed by atoms with Gasteiger partial charge in [0.2, 0.25) is 11.8 Å². The molecule has 0 amide bonds. The summed E-state index contributed by atoms with van der Waals surface area (Å²) in [5.74, 6) is 2.28. The second-order valence-corrected chi connectivity index (χ2v) is 12.1. The standard InChI is InChI=1S/C20H28N2O.C19H26N2O/c1-4-6-7-8-17-9-11-18(12-10-17)19-13-14-20(22-21-19)23-15-16(3)5-2;1-4-6-7-16-8-10-17(11-9-16)18-12-13-19(21-20-18)22-14-15(3)5-2/h9-14,16H,4-8,15H2,1-3H3;8-13,15H,4-7,14H2,1-3H3. The Labute approximate surface area is 272 Å². The average molecular weight is 611 g/mol. The van der Waals surface area contributed by atoms with Gasteiger partial charge in [-0.3, -0.25) is 0 Å². The third-order valence-corrected chi connectivity index (χ3v) is 8.09. The molecule has 0 aliphatic heterocycles. The van der Waals surface area contributed by atoms with Crippen LogP contribution in [-0.4, -0.2) is 33.6 Å². The quantitative estimate of drug-likeness (QED) is 0.111. The molecule has 0 fully saturated rings. The zero-order valence-corrected chi connectivity index (χ0v) is 28.5. The molecule has 0 spiro atoms. The summed E-state index contributed by atoms with van der Waals surface area (Å²) in [5, 5.41) is 16.9. The molecule has 0 aliphatic rings. The highest BCUT2D eigenvalue weighted by Gasteiger charge is 2.06. The lowest BCUT2D eigenvalue weighted by Crippen LogP contribution is -2.08. The van der Waals surface area contributed by atoms with Crippen molar-refractivity contribution in [2.75, 3.05) is 13.2 Å². The Bertz CT molecular complexity index is 1320. The highest BCUT2D eigenvalue weighted by molar-refractivity contribution is 5.59. The Morgan fingerprint density at radius 3 is 1.27 bits per heavy atom. The van der Waals surface area contributed by atoms with E-state index in [9.17, 15) is 0 Å². The first-order valence-electron chi connectivity index (χ1n) is 17.1. The first-order valence-corrected chi connectivity index (χ1v) is 17.1. The number of hydrogen-bond donors (Lipinski definition) is 0. The van der Waals surface area contributed by atoms with Gasteiger partial charge in [0.1, 0.15) is 0 Å². The van der Waals surface area contributed by atoms with Gasteiger partial charge in [0.15, 0.2) is 0 Å². The summed E-state index contributed by atoms with van der Waals surface area (Å²) in [6, 6.07) is 25.0. The first-order chi connectivity index (χ1) is 21.9. The van der Waals surface area contributed by atoms with Gasteiger partial charge in [-0.2, -0.15) is 0 Å². The Balaban J connectivity index is 0.000000246. The minimum absolute atomic E-state index is 0.539. The summed E-state index contributed by atoms with van der Waals surface area (Å²) in [5.41, 5.74) is 6.75. The van der Waals surface area contributed by atoms with E-state index in [0.717, 1.165) is 48.2 Å². The summed E-state index contributed by atoms with van der Waals surface area (Å²) < 4.78 is 11.3. The molecule has 0 bridgehead atoms. The van der Waals surface area contributed by atoms with Crippen LogP contribution in [0.1, 0.15) is 97.6 Å². The fraction of sp³-hybridized carbons (Fsp3) is 0.487. The molecule has 4 rings (SSSR count). The van der Waals surface area contributed by atoms with E-state index in [0.29, 0.717) is 36.8 Å². The van der Waals surface area contributed by atoms with E-state index < -0.39 is 0 Å². The van der Waals surface area contributed by atoms with E-state index in [4.69, 9.17) is 9.47 Å². The Hall–Kier alpha value is -3.80. The number of aromatic nitrogens is 4. The van der Waals surface area contributed by atoms with Crippen molar-refractivity contribution in [3.05, 3.63) is 83.9 Å². The highest BCUT2D eigenvalue weighted by atomic mass is 16.5. The maximum absolute atomic E-state index is 5.65. The van der Waals surface area contributed by atoms with Gasteiger partial charge in [0, 0.05) is 23.3 Å². The molecule has 45 heavy (non-hydrogen) atoms. The van der Waals surface area contributed by atoms with E-state index in [1.54, 1.807) is 0 Å². The fourth-order valence-electron chi connectivity index (χ4n) is 4.44. The molecule has 6 heteroatoms. The van der Waals surface area contributed by atoms with Crippen LogP contribution in [0.15, 0.2) is 72.8 Å². The number of ether oxygens (including phenoxy) is 2. The van der Waals surface area contributed by atoms with Gasteiger partial charge in [0.05, 0.1) is 24.6 Å². The fourth-order valence-corrected chi connectivity index (χ4v) is 4.44. The van der Waals surface area contributed by atoms with Crippen LogP contribution in [0.2, 0.25) is 0 Å². The van der Waals surface area contributed by atoms with E-state index in [2.05, 4.69) is 110 Å². The molecule has 2 aromatic carbocycles. The number of hydrogen-bond acceptors (Lipinski definition) is 6. The van der Waals surface area contributed by atoms with E-state index in [1.807, 2.05) is 24.3 Å². The molecule has 0 saturated heterocycles. The Morgan fingerprint density at radius 2 is 0.911 bits per heavy atom. The number of aryl methyl sites for hydroxylation is 2. The van der Waals surface area contributed by atoms with Crippen molar-refractivity contribution in [2.45, 2.75) is 99.3 Å². The number of unbranched alkanes of at least 4 members (excludes halogenated alkanes) is 3. The minimum Gasteiger partial charge on any atom is -0.476 e. The summed E-state index contributed by atoms with van der Waals surface area (Å²) in [6.07, 6.45) is 10.8. The van der Waals surface area contributed by atoms with Crippen molar-refractivity contribution in [1.82, 2.24) is 20.4 Å². The van der Waals surface area contributed by atoms with Crippen molar-refractivity contribution in [2.24, 2.45) is 11.8 Å². The average Bonchev–Trinajstić information content (AvgIpc) is 3.10. The molecule has 242 valence electrons. The molecule has 0 radical (unpaired) electrons. The van der Waals surface area contributed by atoms with Gasteiger partial charge in [-0.05, 0) is 60.8 Å². The molecule has 2 aromatic heterocycles. The predicted octanol–water partition coefficient (Wildman–Crippen LogP) is 10.2. The third kappa shape index (κ3) is 13.0. The zero-order chi connectivity index (χ0) is 32.3. The third-order valence-electron chi connectivity index (χ3n) is 8.09. The van der Waals surface area contributed by atoms with Crippen LogP contribution in [-0.2, 0) is 12.8 Å². The first kappa shape index (κ1) is 35.7. The largest absolute Gasteiger partial charge is 0.476 e. The van der Waals surface area contributed by atoms with Crippen LogP contribution in [0.25, 0.3) is 22.5 Å². The van der Waals surface area contributed by atoms with Crippen LogP contribution in [0.3, 0.4) is 0 Å². The molecule has 6 nitrogen and oxygen atoms in total. The van der Waals surface area contributed by atoms with Crippen molar-refractivity contribution in [3.63, 3.8) is 0 Å². The molecule has 0 saturated carbocycles. The normalized spacial score (nSPS) is 12.1. The van der Waals surface area contributed by atoms with Crippen LogP contribution in [0.4, 0.5) is 0 Å². The maximum atomic E-state index is 5.65. The summed E-state index contributed by atoms with van der Waals surface area (Å²) in [4.78, 5) is 0. The zero-order valence-electron chi connectivity index (χ0n) is 28.5. The van der Waals surface area contributed by atoms with Crippen molar-refractivity contribution in [3.8, 4) is 34.3 Å². The van der Waals surface area contributed by atoms with Gasteiger partial charge >= 0.3 is 0 Å². The topological polar surface area (TPSA) is 70.0 Å². The van der Waals surface area contributed by atoms with Crippen LogP contribution < -0.4 is 9.47 Å². The molecule has 0 aliphatic carbocycles. The van der Waals surface area contributed by atoms with E-state index >= 15 is 0 Å². The maximum Gasteiger partial charge on any atom is 0.233 e. The lowest BCUT2D eigenvalue weighted by atomic mass is 10.0. The van der Waals surface area contributed by atoms with Crippen LogP contribution in [0.5, 0.6) is 11.8 Å². The van der Waals surface area contributed by atoms with Gasteiger partial charge in [-0.25, -0.2) is 0 Å². The van der Waals surface area contributed by atoms with Crippen LogP contribution in [0, 0.1) is 11.8 Å². The number of nitrogens with zero attached hydrogens (tertiary/aromatic N) is 4. The molecule has 0 N–H and O–H groups in total. The smallest absolute Gasteiger partial charge is 0.233 e. The van der Waals surface area contributed by atoms with Gasteiger partial charge < -0.3 is 9.47 Å². The number of rotatable bonds is 17. The van der Waals surface area contributed by atoms with Crippen molar-refractivity contribution < 1.29 is 9.47 Å². The van der Waals surface area contributed by atoms with Crippen molar-refractivity contribution in [1.29, 1.82) is 0 Å². The second-order valence-electron chi connectivity index (χ2n) is 12.1. The Kier molecular flexibility index (Phi) is 16.1. The van der Waals surface area contributed by atoms with Gasteiger partial charge in [-0.15, -0.1) is 20.4 Å². The monoisotopic (exact) mass is 610 g/mol. The Morgan fingerprint density at radius 1 is 0.489 bits per heavy atom. The van der Waals surface area contributed by atoms with Gasteiger partial charge in [0.25, 0.3) is 0 Å². The lowest BCUT2D eigenvalue weighted by Gasteiger charge is -2.09. The summed E-state index contributed by atoms with van der Waals surface area (Å²) in [6.45, 7) is 14.5. The van der Waals surface area contributed by atoms with Gasteiger partial charge in [-0.1, -0.05) is 122 Å². The van der Waals surface area contributed by atoms with Crippen LogP contribution >= 0.6 is 0 Å². The lowest BCUT2D eigenvalue weighted by molar-refractivity contribution is 0.245. The minimum atomic E-state index is 0.539. The molecule has 2 unspecified atom stereocenters. The summed E-state index contributed by atoms with van der Waals surface area (Å²) >= 11 is 0. The molecular formula is C39H54N4O2. The second kappa shape index (κ2) is 20.3. The SMILES string of the molecule is CCCCCc1ccc(-c2ccc(OCC(C)CC)nn2)cc1.CCCCc1ccc(-c2ccc(OCC(C)CC)nn2)cc1. The van der Waals surface area contributed by atoms with E-state index in [1.165, 1.54) is 43.2 Å². The van der Waals surface area contributed by atoms with Crippen molar-refractivity contribution >= 4 is 0 Å².